The van der Waals surface area contributed by atoms with Gasteiger partial charge in [-0.3, -0.25) is 38.4 Å². The third kappa shape index (κ3) is 17.3. The van der Waals surface area contributed by atoms with Gasteiger partial charge in [-0.25, -0.2) is 0 Å². The van der Waals surface area contributed by atoms with Gasteiger partial charge in [-0.1, -0.05) is 104 Å². The standard InChI is InChI=1S/C62H91N9O8/c1-14-47(53(72)52(37(4)5)69-55(73)39(7)63-12)49(59(77)66-38(6)36(2)3)32-33-65-57(75)44-28-24-41(25-29-44)22-23-42-26-30-45(31-27-42)58(76)67-46-34-51(60(78)68-50-21-17-19-43-18-15-16-20-48(43)50)71(35-46)61(79)54(62(9,10)11)70-56(74)40(8)64-13/h15-16,18,20,24-31,36-40,46-47,49-52,54,63-64H,14,17,19,21-23,32-35H2,1-13H3,(H,65,75)(H,66,77)(H,67,76)(H,68,78)(H,69,73)(H,70,74). The number of aryl methyl sites for hydroxylation is 3. The number of carbonyl (C=O) groups is 8. The van der Waals surface area contributed by atoms with E-state index < -0.39 is 53.5 Å². The molecule has 1 aliphatic heterocycles. The second-order valence-corrected chi connectivity index (χ2v) is 23.6. The summed E-state index contributed by atoms with van der Waals surface area (Å²) in [5, 5.41) is 24.1. The molecule has 1 heterocycles. The largest absolute Gasteiger partial charge is 0.353 e. The quantitative estimate of drug-likeness (QED) is 0.0485. The number of nitrogens with one attached hydrogen (secondary N) is 8. The lowest BCUT2D eigenvalue weighted by atomic mass is 9.78. The molecule has 3 aromatic carbocycles. The lowest BCUT2D eigenvalue weighted by Crippen LogP contribution is -2.59. The lowest BCUT2D eigenvalue weighted by molar-refractivity contribution is -0.144. The van der Waals surface area contributed by atoms with E-state index in [1.54, 1.807) is 52.2 Å². The maximum atomic E-state index is 14.6. The Morgan fingerprint density at radius 3 is 1.77 bits per heavy atom. The summed E-state index contributed by atoms with van der Waals surface area (Å²) in [6, 6.07) is 18.2. The van der Waals surface area contributed by atoms with Crippen LogP contribution >= 0.6 is 0 Å². The first-order valence-electron chi connectivity index (χ1n) is 28.6. The fourth-order valence-electron chi connectivity index (χ4n) is 10.4. The number of fused-ring (bicyclic) bond motifs is 1. The second-order valence-electron chi connectivity index (χ2n) is 23.6. The van der Waals surface area contributed by atoms with Crippen molar-refractivity contribution in [2.24, 2.45) is 29.1 Å². The molecule has 432 valence electrons. The van der Waals surface area contributed by atoms with Gasteiger partial charge in [0, 0.05) is 48.1 Å². The zero-order valence-corrected chi connectivity index (χ0v) is 49.1. The molecule has 1 fully saturated rings. The van der Waals surface area contributed by atoms with Gasteiger partial charge in [-0.2, -0.15) is 0 Å². The van der Waals surface area contributed by atoms with Crippen molar-refractivity contribution in [3.63, 3.8) is 0 Å². The van der Waals surface area contributed by atoms with E-state index in [0.717, 1.165) is 36.0 Å². The number of benzene rings is 3. The SMILES string of the molecule is CCC(C(=O)C(NC(=O)C(C)NC)C(C)C)C(CCNC(=O)c1ccc(CCc2ccc(C(=O)NC3CC(C(=O)NC4CCCc5ccccc54)N(C(=O)C(NC(=O)C(C)NC)C(C)(C)C)C3)cc2)cc1)C(=O)NC(C)C(C)C. The number of nitrogens with zero attached hydrogens (tertiary/aromatic N) is 1. The minimum absolute atomic E-state index is 0.0877. The Hall–Kier alpha value is -6.46. The summed E-state index contributed by atoms with van der Waals surface area (Å²) in [5.41, 5.74) is 4.46. The van der Waals surface area contributed by atoms with E-state index in [-0.39, 0.29) is 97.0 Å². The van der Waals surface area contributed by atoms with Gasteiger partial charge in [0.15, 0.2) is 5.78 Å². The first-order chi connectivity index (χ1) is 37.4. The highest BCUT2D eigenvalue weighted by Gasteiger charge is 2.46. The predicted molar refractivity (Wildman–Crippen MR) is 309 cm³/mol. The Morgan fingerprint density at radius 2 is 1.23 bits per heavy atom. The van der Waals surface area contributed by atoms with Crippen LogP contribution in [0.2, 0.25) is 0 Å². The van der Waals surface area contributed by atoms with Gasteiger partial charge in [-0.05, 0) is 150 Å². The average Bonchev–Trinajstić information content (AvgIpc) is 3.87. The van der Waals surface area contributed by atoms with Gasteiger partial charge >= 0.3 is 0 Å². The number of carbonyl (C=O) groups excluding carboxylic acids is 8. The highest BCUT2D eigenvalue weighted by Crippen LogP contribution is 2.32. The molecule has 10 atom stereocenters. The van der Waals surface area contributed by atoms with Crippen molar-refractivity contribution in [1.29, 1.82) is 0 Å². The molecule has 8 N–H and O–H groups in total. The van der Waals surface area contributed by atoms with Crippen LogP contribution in [0, 0.1) is 29.1 Å². The summed E-state index contributed by atoms with van der Waals surface area (Å²) in [6.45, 7) is 20.9. The first kappa shape index (κ1) is 63.4. The molecular weight excluding hydrogens is 999 g/mol. The monoisotopic (exact) mass is 1090 g/mol. The Morgan fingerprint density at radius 1 is 0.658 bits per heavy atom. The fraction of sp³-hybridized carbons (Fsp3) is 0.581. The molecule has 10 unspecified atom stereocenters. The van der Waals surface area contributed by atoms with Gasteiger partial charge < -0.3 is 47.4 Å². The molecule has 7 amide bonds. The number of likely N-dealkylation sites (N-methyl/N-ethyl adjacent to an activating group) is 2. The highest BCUT2D eigenvalue weighted by atomic mass is 16.2. The van der Waals surface area contributed by atoms with E-state index in [1.165, 1.54) is 10.5 Å². The van der Waals surface area contributed by atoms with Crippen molar-refractivity contribution in [3.05, 3.63) is 106 Å². The van der Waals surface area contributed by atoms with Gasteiger partial charge in [-0.15, -0.1) is 0 Å². The molecule has 79 heavy (non-hydrogen) atoms. The van der Waals surface area contributed by atoms with Crippen LogP contribution in [-0.2, 0) is 48.0 Å². The number of rotatable bonds is 26. The average molecular weight is 1090 g/mol. The maximum absolute atomic E-state index is 14.6. The molecule has 0 saturated carbocycles. The zero-order valence-electron chi connectivity index (χ0n) is 49.1. The van der Waals surface area contributed by atoms with E-state index in [1.807, 2.05) is 105 Å². The van der Waals surface area contributed by atoms with Crippen molar-refractivity contribution in [2.75, 3.05) is 27.2 Å². The Labute approximate surface area is 469 Å². The summed E-state index contributed by atoms with van der Waals surface area (Å²) in [5.74, 6) is -3.89. The second kappa shape index (κ2) is 29.1. The lowest BCUT2D eigenvalue weighted by Gasteiger charge is -2.36. The van der Waals surface area contributed by atoms with E-state index in [0.29, 0.717) is 30.4 Å². The topological polar surface area (TPSA) is 236 Å². The van der Waals surface area contributed by atoms with E-state index >= 15 is 0 Å². The van der Waals surface area contributed by atoms with Gasteiger partial charge in [0.05, 0.1) is 24.2 Å². The summed E-state index contributed by atoms with van der Waals surface area (Å²) < 4.78 is 0. The minimum Gasteiger partial charge on any atom is -0.353 e. The molecular formula is C62H91N9O8. The minimum atomic E-state index is -0.936. The third-order valence-electron chi connectivity index (χ3n) is 16.1. The Kier molecular flexibility index (Phi) is 23.4. The zero-order chi connectivity index (χ0) is 58.3. The third-order valence-corrected chi connectivity index (χ3v) is 16.1. The molecule has 0 spiro atoms. The normalized spacial score (nSPS) is 18.9. The van der Waals surface area contributed by atoms with E-state index in [4.69, 9.17) is 0 Å². The first-order valence-corrected chi connectivity index (χ1v) is 28.6. The number of hydrogen-bond acceptors (Lipinski definition) is 10. The smallest absolute Gasteiger partial charge is 0.251 e. The maximum Gasteiger partial charge on any atom is 0.251 e. The van der Waals surface area contributed by atoms with Crippen molar-refractivity contribution in [1.82, 2.24) is 47.4 Å². The molecule has 17 heteroatoms. The van der Waals surface area contributed by atoms with Crippen LogP contribution in [0.4, 0.5) is 0 Å². The van der Waals surface area contributed by atoms with Gasteiger partial charge in [0.2, 0.25) is 29.5 Å². The predicted octanol–water partition coefficient (Wildman–Crippen LogP) is 5.74. The van der Waals surface area contributed by atoms with Crippen molar-refractivity contribution < 1.29 is 38.4 Å². The summed E-state index contributed by atoms with van der Waals surface area (Å²) in [4.78, 5) is 112. The Balaban J connectivity index is 1.20. The molecule has 2 aliphatic rings. The fourth-order valence-corrected chi connectivity index (χ4v) is 10.4. The van der Waals surface area contributed by atoms with E-state index in [2.05, 4.69) is 48.6 Å². The van der Waals surface area contributed by atoms with Crippen LogP contribution < -0.4 is 42.5 Å². The van der Waals surface area contributed by atoms with Crippen molar-refractivity contribution >= 4 is 47.1 Å². The highest BCUT2D eigenvalue weighted by molar-refractivity contribution is 5.97. The number of Topliss-reactive ketones (excluding diaryl/α,β-unsaturated/α-hetero) is 1. The summed E-state index contributed by atoms with van der Waals surface area (Å²) in [6.07, 6.45) is 4.76. The van der Waals surface area contributed by atoms with Crippen LogP contribution in [0.15, 0.2) is 72.8 Å². The van der Waals surface area contributed by atoms with Gasteiger partial charge in [0.1, 0.15) is 12.1 Å². The number of amides is 7. The van der Waals surface area contributed by atoms with Crippen molar-refractivity contribution in [2.45, 2.75) is 176 Å². The number of ketones is 1. The van der Waals surface area contributed by atoms with Crippen LogP contribution in [0.1, 0.15) is 157 Å². The molecule has 0 bridgehead atoms. The van der Waals surface area contributed by atoms with Gasteiger partial charge in [0.25, 0.3) is 11.8 Å². The van der Waals surface area contributed by atoms with Crippen molar-refractivity contribution in [3.8, 4) is 0 Å². The van der Waals surface area contributed by atoms with Crippen LogP contribution in [0.3, 0.4) is 0 Å². The molecule has 17 nitrogen and oxygen atoms in total. The molecule has 1 aliphatic carbocycles. The number of likely N-dealkylation sites (tertiary alicyclic amines) is 1. The molecule has 1 saturated heterocycles. The molecule has 0 aromatic heterocycles. The Bertz CT molecular complexity index is 2580. The molecule has 0 radical (unpaired) electrons. The van der Waals surface area contributed by atoms with Crippen LogP contribution in [0.25, 0.3) is 0 Å². The van der Waals surface area contributed by atoms with E-state index in [9.17, 15) is 38.4 Å². The van der Waals surface area contributed by atoms with Crippen LogP contribution in [-0.4, -0.2) is 122 Å². The summed E-state index contributed by atoms with van der Waals surface area (Å²) >= 11 is 0. The molecule has 5 rings (SSSR count). The molecule has 3 aromatic rings. The summed E-state index contributed by atoms with van der Waals surface area (Å²) in [7, 11) is 3.35. The number of hydrogen-bond donors (Lipinski definition) is 8. The van der Waals surface area contributed by atoms with Crippen LogP contribution in [0.5, 0.6) is 0 Å².